The molecule has 0 saturated carbocycles. The van der Waals surface area contributed by atoms with Crippen molar-refractivity contribution in [3.05, 3.63) is 45.1 Å². The number of carbonyl (C=O) groups is 1. The fraction of sp³-hybridized carbons (Fsp3) is 0.167. The Kier molecular flexibility index (Phi) is 4.90. The Morgan fingerprint density at radius 1 is 1.52 bits per heavy atom. The number of amidine groups is 1. The van der Waals surface area contributed by atoms with Gasteiger partial charge in [-0.15, -0.1) is 0 Å². The van der Waals surface area contributed by atoms with Crippen molar-refractivity contribution in [1.82, 2.24) is 5.32 Å². The predicted octanol–water partition coefficient (Wildman–Crippen LogP) is 1.30. The van der Waals surface area contributed by atoms with Gasteiger partial charge in [0.2, 0.25) is 0 Å². The van der Waals surface area contributed by atoms with E-state index >= 15 is 0 Å². The van der Waals surface area contributed by atoms with Crippen LogP contribution in [0.3, 0.4) is 0 Å². The summed E-state index contributed by atoms with van der Waals surface area (Å²) in [5.41, 5.74) is 0. The number of allylic oxidation sites excluding steroid dienone is 2. The average Bonchev–Trinajstić information content (AvgIpc) is 3.04. The number of aliphatic hydroxyl groups excluding tert-OH is 1. The van der Waals surface area contributed by atoms with Gasteiger partial charge in [-0.1, -0.05) is 6.08 Å². The van der Waals surface area contributed by atoms with Crippen LogP contribution in [0.4, 0.5) is 5.88 Å². The molecule has 1 fully saturated rings. The molecule has 2 heterocycles. The molecule has 1 aliphatic rings. The number of rotatable bonds is 5. The Morgan fingerprint density at radius 2 is 2.33 bits per heavy atom. The predicted molar refractivity (Wildman–Crippen MR) is 77.6 cm³/mol. The molecular weight excluding hydrogens is 298 g/mol. The summed E-state index contributed by atoms with van der Waals surface area (Å²) in [6.07, 6.45) is 4.62. The van der Waals surface area contributed by atoms with Crippen LogP contribution in [-0.4, -0.2) is 34.3 Å². The van der Waals surface area contributed by atoms with E-state index in [0.29, 0.717) is 15.8 Å². The molecule has 0 aliphatic carbocycles. The maximum atomic E-state index is 11.6. The molecule has 0 atom stereocenters. The Morgan fingerprint density at radius 3 is 3.00 bits per heavy atom. The third-order valence-corrected chi connectivity index (χ3v) is 3.27. The van der Waals surface area contributed by atoms with Crippen LogP contribution >= 0.6 is 11.8 Å². The molecule has 0 unspecified atom stereocenters. The van der Waals surface area contributed by atoms with Crippen LogP contribution in [0, 0.1) is 10.1 Å². The topological polar surface area (TPSA) is 118 Å². The normalized spacial score (nSPS) is 18.8. The molecule has 0 spiro atoms. The summed E-state index contributed by atoms with van der Waals surface area (Å²) in [4.78, 5) is 25.8. The van der Waals surface area contributed by atoms with Gasteiger partial charge in [0.05, 0.1) is 24.1 Å². The summed E-state index contributed by atoms with van der Waals surface area (Å²) in [7, 11) is 0. The first kappa shape index (κ1) is 15.0. The van der Waals surface area contributed by atoms with Gasteiger partial charge in [0.1, 0.15) is 10.7 Å². The van der Waals surface area contributed by atoms with Gasteiger partial charge in [-0.3, -0.25) is 19.9 Å². The van der Waals surface area contributed by atoms with Gasteiger partial charge in [-0.2, -0.15) is 0 Å². The quantitative estimate of drug-likeness (QED) is 0.481. The number of amides is 1. The highest BCUT2D eigenvalue weighted by Crippen LogP contribution is 2.24. The monoisotopic (exact) mass is 309 g/mol. The van der Waals surface area contributed by atoms with E-state index in [1.165, 1.54) is 18.2 Å². The largest absolute Gasteiger partial charge is 0.433 e. The first-order chi connectivity index (χ1) is 10.1. The summed E-state index contributed by atoms with van der Waals surface area (Å²) in [5.74, 6) is -0.309. The first-order valence-corrected chi connectivity index (χ1v) is 6.69. The molecule has 110 valence electrons. The van der Waals surface area contributed by atoms with Gasteiger partial charge in [0.15, 0.2) is 5.17 Å². The molecule has 0 aromatic carbocycles. The van der Waals surface area contributed by atoms with Crippen LogP contribution in [0.15, 0.2) is 38.6 Å². The van der Waals surface area contributed by atoms with Crippen LogP contribution in [0.1, 0.15) is 5.76 Å². The summed E-state index contributed by atoms with van der Waals surface area (Å²) in [5, 5.41) is 22.1. The van der Waals surface area contributed by atoms with Crippen molar-refractivity contribution in [2.24, 2.45) is 4.99 Å². The number of nitro groups is 1. The zero-order valence-corrected chi connectivity index (χ0v) is 11.5. The second-order valence-corrected chi connectivity index (χ2v) is 4.82. The van der Waals surface area contributed by atoms with E-state index in [9.17, 15) is 14.9 Å². The molecule has 1 amide bonds. The van der Waals surface area contributed by atoms with E-state index in [-0.39, 0.29) is 24.9 Å². The minimum atomic E-state index is -0.625. The molecule has 1 aliphatic heterocycles. The third-order valence-electron chi connectivity index (χ3n) is 2.31. The van der Waals surface area contributed by atoms with Gasteiger partial charge in [0.25, 0.3) is 5.91 Å². The van der Waals surface area contributed by atoms with E-state index in [2.05, 4.69) is 10.3 Å². The van der Waals surface area contributed by atoms with Crippen molar-refractivity contribution in [2.45, 2.75) is 0 Å². The number of aliphatic imine (C=N–C) groups is 1. The van der Waals surface area contributed by atoms with E-state index in [0.717, 1.165) is 11.8 Å². The number of nitrogens with zero attached hydrogens (tertiary/aromatic N) is 2. The van der Waals surface area contributed by atoms with Crippen LogP contribution in [-0.2, 0) is 4.79 Å². The molecule has 2 rings (SSSR count). The number of nitrogens with one attached hydrogen (secondary N) is 1. The van der Waals surface area contributed by atoms with E-state index in [1.54, 1.807) is 12.2 Å². The molecular formula is C12H11N3O5S. The Labute approximate surface area is 123 Å². The second-order valence-electron chi connectivity index (χ2n) is 3.79. The summed E-state index contributed by atoms with van der Waals surface area (Å²) in [6, 6.07) is 2.71. The SMILES string of the molecule is O=C1NC(=NCCO)S/C1=C\C=C\c1ccc([N+](=O)[O-])o1. The highest BCUT2D eigenvalue weighted by Gasteiger charge is 2.22. The van der Waals surface area contributed by atoms with Crippen molar-refractivity contribution >= 4 is 34.8 Å². The number of aliphatic hydroxyl groups is 1. The van der Waals surface area contributed by atoms with Gasteiger partial charge < -0.3 is 14.8 Å². The second kappa shape index (κ2) is 6.86. The highest BCUT2D eigenvalue weighted by molar-refractivity contribution is 8.18. The van der Waals surface area contributed by atoms with E-state index in [4.69, 9.17) is 9.52 Å². The van der Waals surface area contributed by atoms with E-state index < -0.39 is 4.92 Å². The van der Waals surface area contributed by atoms with Gasteiger partial charge in [0, 0.05) is 0 Å². The Hall–Kier alpha value is -2.39. The maximum Gasteiger partial charge on any atom is 0.433 e. The molecule has 1 aromatic heterocycles. The van der Waals surface area contributed by atoms with Crippen molar-refractivity contribution in [3.8, 4) is 0 Å². The van der Waals surface area contributed by atoms with Gasteiger partial charge >= 0.3 is 5.88 Å². The van der Waals surface area contributed by atoms with Crippen LogP contribution < -0.4 is 5.32 Å². The number of furan rings is 1. The van der Waals surface area contributed by atoms with Crippen molar-refractivity contribution in [3.63, 3.8) is 0 Å². The highest BCUT2D eigenvalue weighted by atomic mass is 32.2. The minimum absolute atomic E-state index is 0.0871. The Bertz CT molecular complexity index is 647. The molecule has 0 bridgehead atoms. The van der Waals surface area contributed by atoms with Crippen LogP contribution in [0.2, 0.25) is 0 Å². The fourth-order valence-corrected chi connectivity index (χ4v) is 2.23. The standard InChI is InChI=1S/C12H11N3O5S/c16-7-6-13-12-14-11(17)9(21-12)3-1-2-8-4-5-10(20-8)15(18)19/h1-5,16H,6-7H2,(H,13,14,17)/b2-1+,9-3-. The molecule has 9 heteroatoms. The minimum Gasteiger partial charge on any atom is -0.401 e. The van der Waals surface area contributed by atoms with Crippen molar-refractivity contribution in [2.75, 3.05) is 13.2 Å². The van der Waals surface area contributed by atoms with E-state index in [1.807, 2.05) is 0 Å². The number of hydrogen-bond donors (Lipinski definition) is 2. The molecule has 8 nitrogen and oxygen atoms in total. The number of thioether (sulfide) groups is 1. The maximum absolute atomic E-state index is 11.6. The molecule has 1 aromatic rings. The summed E-state index contributed by atoms with van der Waals surface area (Å²) >= 11 is 1.15. The van der Waals surface area contributed by atoms with Crippen molar-refractivity contribution in [1.29, 1.82) is 0 Å². The lowest BCUT2D eigenvalue weighted by Gasteiger charge is -1.91. The zero-order valence-electron chi connectivity index (χ0n) is 10.7. The van der Waals surface area contributed by atoms with Gasteiger partial charge in [-0.05, 0) is 30.0 Å². The molecule has 0 radical (unpaired) electrons. The molecule has 21 heavy (non-hydrogen) atoms. The Balaban J connectivity index is 2.01. The molecule has 1 saturated heterocycles. The van der Waals surface area contributed by atoms with Crippen molar-refractivity contribution < 1.29 is 19.2 Å². The van der Waals surface area contributed by atoms with Crippen LogP contribution in [0.25, 0.3) is 6.08 Å². The van der Waals surface area contributed by atoms with Crippen LogP contribution in [0.5, 0.6) is 0 Å². The average molecular weight is 309 g/mol. The first-order valence-electron chi connectivity index (χ1n) is 5.87. The number of carbonyl (C=O) groups excluding carboxylic acids is 1. The lowest BCUT2D eigenvalue weighted by atomic mass is 10.3. The zero-order chi connectivity index (χ0) is 15.2. The summed E-state index contributed by atoms with van der Waals surface area (Å²) < 4.78 is 4.94. The molecule has 2 N–H and O–H groups in total. The lowest BCUT2D eigenvalue weighted by Crippen LogP contribution is -2.20. The fourth-order valence-electron chi connectivity index (χ4n) is 1.43. The third kappa shape index (κ3) is 4.04. The smallest absolute Gasteiger partial charge is 0.401 e. The number of hydrogen-bond acceptors (Lipinski definition) is 7. The summed E-state index contributed by atoms with van der Waals surface area (Å²) in [6.45, 7) is 0.137. The van der Waals surface area contributed by atoms with Gasteiger partial charge in [-0.25, -0.2) is 0 Å². The lowest BCUT2D eigenvalue weighted by molar-refractivity contribution is -0.402.